The predicted octanol–water partition coefficient (Wildman–Crippen LogP) is 2.64. The molecule has 0 atom stereocenters. The molecule has 4 nitrogen and oxygen atoms in total. The third-order valence-corrected chi connectivity index (χ3v) is 5.90. The molecule has 0 bridgehead atoms. The van der Waals surface area contributed by atoms with Gasteiger partial charge in [-0.3, -0.25) is 4.31 Å². The summed E-state index contributed by atoms with van der Waals surface area (Å²) in [5, 5.41) is 0. The number of nitrogens with two attached hydrogens (primary N) is 1. The van der Waals surface area contributed by atoms with E-state index in [9.17, 15) is 8.42 Å². The highest BCUT2D eigenvalue weighted by molar-refractivity contribution is 7.93. The monoisotopic (exact) mass is 302 g/mol. The molecule has 21 heavy (non-hydrogen) atoms. The Hall–Kier alpha value is -2.01. The summed E-state index contributed by atoms with van der Waals surface area (Å²) in [6.07, 6.45) is 0.746. The third-order valence-electron chi connectivity index (χ3n) is 3.96. The van der Waals surface area contributed by atoms with Crippen LogP contribution in [0.5, 0.6) is 0 Å². The number of hydrogen-bond donors (Lipinski definition) is 1. The molecule has 1 aliphatic heterocycles. The third kappa shape index (κ3) is 2.17. The molecule has 1 aliphatic rings. The SMILES string of the molecule is Cc1cc(N)c(C)c(S(=O)(=O)N2CCc3ccccc32)c1. The number of hydrogen-bond acceptors (Lipinski definition) is 3. The quantitative estimate of drug-likeness (QED) is 0.867. The number of fused-ring (bicyclic) bond motifs is 1. The Morgan fingerprint density at radius 1 is 1.14 bits per heavy atom. The number of sulfonamides is 1. The summed E-state index contributed by atoms with van der Waals surface area (Å²) in [7, 11) is -3.57. The van der Waals surface area contributed by atoms with Gasteiger partial charge in [-0.25, -0.2) is 8.42 Å². The average Bonchev–Trinajstić information content (AvgIpc) is 2.87. The Morgan fingerprint density at radius 2 is 1.86 bits per heavy atom. The van der Waals surface area contributed by atoms with Gasteiger partial charge in [-0.2, -0.15) is 0 Å². The summed E-state index contributed by atoms with van der Waals surface area (Å²) < 4.78 is 27.5. The van der Waals surface area contributed by atoms with Gasteiger partial charge >= 0.3 is 0 Å². The minimum Gasteiger partial charge on any atom is -0.398 e. The van der Waals surface area contributed by atoms with Crippen molar-refractivity contribution in [2.24, 2.45) is 0 Å². The lowest BCUT2D eigenvalue weighted by molar-refractivity contribution is 0.591. The molecule has 0 amide bonds. The van der Waals surface area contributed by atoms with Gasteiger partial charge in [-0.05, 0) is 55.2 Å². The van der Waals surface area contributed by atoms with E-state index in [-0.39, 0.29) is 0 Å². The molecular weight excluding hydrogens is 284 g/mol. The molecule has 0 radical (unpaired) electrons. The van der Waals surface area contributed by atoms with Crippen LogP contribution in [-0.4, -0.2) is 15.0 Å². The zero-order valence-corrected chi connectivity index (χ0v) is 12.9. The van der Waals surface area contributed by atoms with E-state index in [1.807, 2.05) is 31.2 Å². The minimum atomic E-state index is -3.57. The van der Waals surface area contributed by atoms with Gasteiger partial charge in [0.25, 0.3) is 10.0 Å². The molecule has 0 aromatic heterocycles. The Kier molecular flexibility index (Phi) is 3.17. The number of para-hydroxylation sites is 1. The van der Waals surface area contributed by atoms with Gasteiger partial charge < -0.3 is 5.73 Å². The number of benzene rings is 2. The highest BCUT2D eigenvalue weighted by atomic mass is 32.2. The van der Waals surface area contributed by atoms with Crippen LogP contribution in [0.1, 0.15) is 16.7 Å². The van der Waals surface area contributed by atoms with Crippen molar-refractivity contribution in [1.82, 2.24) is 0 Å². The highest BCUT2D eigenvalue weighted by Crippen LogP contribution is 2.34. The van der Waals surface area contributed by atoms with Crippen molar-refractivity contribution in [2.45, 2.75) is 25.2 Å². The van der Waals surface area contributed by atoms with Crippen LogP contribution in [0, 0.1) is 13.8 Å². The lowest BCUT2D eigenvalue weighted by atomic mass is 10.1. The van der Waals surface area contributed by atoms with E-state index >= 15 is 0 Å². The van der Waals surface area contributed by atoms with Crippen molar-refractivity contribution in [3.05, 3.63) is 53.1 Å². The van der Waals surface area contributed by atoms with E-state index in [4.69, 9.17) is 5.73 Å². The largest absolute Gasteiger partial charge is 0.398 e. The Morgan fingerprint density at radius 3 is 2.62 bits per heavy atom. The summed E-state index contributed by atoms with van der Waals surface area (Å²) in [5.41, 5.74) is 9.75. The molecule has 2 aromatic carbocycles. The molecule has 0 fully saturated rings. The van der Waals surface area contributed by atoms with Crippen molar-refractivity contribution >= 4 is 21.4 Å². The molecule has 1 heterocycles. The Bertz CT molecular complexity index is 813. The number of nitrogen functional groups attached to an aromatic ring is 1. The summed E-state index contributed by atoms with van der Waals surface area (Å²) in [6.45, 7) is 4.09. The number of aryl methyl sites for hydroxylation is 1. The van der Waals surface area contributed by atoms with E-state index in [2.05, 4.69) is 0 Å². The fraction of sp³-hybridized carbons (Fsp3) is 0.250. The zero-order chi connectivity index (χ0) is 15.2. The molecule has 0 saturated carbocycles. The first-order valence-corrected chi connectivity index (χ1v) is 8.32. The summed E-state index contributed by atoms with van der Waals surface area (Å²) in [4.78, 5) is 0.303. The van der Waals surface area contributed by atoms with E-state index < -0.39 is 10.0 Å². The molecule has 0 aliphatic carbocycles. The van der Waals surface area contributed by atoms with Crippen LogP contribution in [0.25, 0.3) is 0 Å². The Balaban J connectivity index is 2.15. The van der Waals surface area contributed by atoms with Crippen molar-refractivity contribution in [3.63, 3.8) is 0 Å². The van der Waals surface area contributed by atoms with Gasteiger partial charge in [0.1, 0.15) is 0 Å². The van der Waals surface area contributed by atoms with Crippen molar-refractivity contribution < 1.29 is 8.42 Å². The topological polar surface area (TPSA) is 63.4 Å². The minimum absolute atomic E-state index is 0.303. The maximum atomic E-state index is 13.0. The van der Waals surface area contributed by atoms with Gasteiger partial charge in [0, 0.05) is 12.2 Å². The standard InChI is InChI=1S/C16H18N2O2S/c1-11-9-14(17)12(2)16(10-11)21(19,20)18-8-7-13-5-3-4-6-15(13)18/h3-6,9-10H,7-8,17H2,1-2H3. The number of rotatable bonds is 2. The van der Waals surface area contributed by atoms with Crippen LogP contribution in [0.15, 0.2) is 41.3 Å². The fourth-order valence-electron chi connectivity index (χ4n) is 2.80. The van der Waals surface area contributed by atoms with E-state index in [1.165, 1.54) is 4.31 Å². The first kappa shape index (κ1) is 13.9. The predicted molar refractivity (Wildman–Crippen MR) is 85.0 cm³/mol. The second-order valence-electron chi connectivity index (χ2n) is 5.43. The number of anilines is 2. The molecule has 2 N–H and O–H groups in total. The summed E-state index contributed by atoms with van der Waals surface area (Å²) in [6, 6.07) is 11.1. The van der Waals surface area contributed by atoms with Crippen molar-refractivity contribution in [1.29, 1.82) is 0 Å². The lowest BCUT2D eigenvalue weighted by Crippen LogP contribution is -2.29. The van der Waals surface area contributed by atoms with Gasteiger partial charge in [0.2, 0.25) is 0 Å². The molecule has 0 saturated heterocycles. The molecule has 0 spiro atoms. The first-order valence-electron chi connectivity index (χ1n) is 6.88. The van der Waals surface area contributed by atoms with Gasteiger partial charge in [-0.1, -0.05) is 18.2 Å². The molecule has 0 unspecified atom stereocenters. The molecular formula is C16H18N2O2S. The van der Waals surface area contributed by atoms with E-state index in [1.54, 1.807) is 19.1 Å². The first-order chi connectivity index (χ1) is 9.91. The normalized spacial score (nSPS) is 14.3. The van der Waals surface area contributed by atoms with Gasteiger partial charge in [-0.15, -0.1) is 0 Å². The van der Waals surface area contributed by atoms with Crippen molar-refractivity contribution in [2.75, 3.05) is 16.6 Å². The number of nitrogens with zero attached hydrogens (tertiary/aromatic N) is 1. The fourth-order valence-corrected chi connectivity index (χ4v) is 4.64. The van der Waals surface area contributed by atoms with Gasteiger partial charge in [0.05, 0.1) is 10.6 Å². The van der Waals surface area contributed by atoms with Crippen LogP contribution in [0.2, 0.25) is 0 Å². The van der Waals surface area contributed by atoms with Crippen molar-refractivity contribution in [3.8, 4) is 0 Å². The lowest BCUT2D eigenvalue weighted by Gasteiger charge is -2.21. The molecule has 110 valence electrons. The maximum Gasteiger partial charge on any atom is 0.264 e. The van der Waals surface area contributed by atoms with Gasteiger partial charge in [0.15, 0.2) is 0 Å². The second kappa shape index (κ2) is 4.77. The highest BCUT2D eigenvalue weighted by Gasteiger charge is 2.32. The zero-order valence-electron chi connectivity index (χ0n) is 12.1. The molecule has 5 heteroatoms. The van der Waals surface area contributed by atoms with Crippen LogP contribution < -0.4 is 10.0 Å². The van der Waals surface area contributed by atoms with Crippen LogP contribution in [-0.2, 0) is 16.4 Å². The smallest absolute Gasteiger partial charge is 0.264 e. The van der Waals surface area contributed by atoms with E-state index in [0.717, 1.165) is 23.2 Å². The van der Waals surface area contributed by atoms with E-state index in [0.29, 0.717) is 22.7 Å². The van der Waals surface area contributed by atoms with Crippen LogP contribution in [0.4, 0.5) is 11.4 Å². The van der Waals surface area contributed by atoms with Crippen LogP contribution in [0.3, 0.4) is 0 Å². The summed E-state index contributed by atoms with van der Waals surface area (Å²) in [5.74, 6) is 0. The van der Waals surface area contributed by atoms with Crippen LogP contribution >= 0.6 is 0 Å². The summed E-state index contributed by atoms with van der Waals surface area (Å²) >= 11 is 0. The second-order valence-corrected chi connectivity index (χ2v) is 7.26. The molecule has 2 aromatic rings. The maximum absolute atomic E-state index is 13.0. The molecule has 3 rings (SSSR count). The average molecular weight is 302 g/mol. The Labute approximate surface area is 125 Å².